The minimum absolute atomic E-state index is 0.0854. The number of halogens is 1. The van der Waals surface area contributed by atoms with Gasteiger partial charge in [-0.1, -0.05) is 11.2 Å². The lowest BCUT2D eigenvalue weighted by atomic mass is 10.1. The van der Waals surface area contributed by atoms with E-state index >= 15 is 0 Å². The average Bonchev–Trinajstić information content (AvgIpc) is 2.92. The fourth-order valence-corrected chi connectivity index (χ4v) is 1.92. The Bertz CT molecular complexity index is 744. The first-order valence-corrected chi connectivity index (χ1v) is 7.15. The summed E-state index contributed by atoms with van der Waals surface area (Å²) in [6.07, 6.45) is -1.20. The molecule has 0 saturated carbocycles. The van der Waals surface area contributed by atoms with Gasteiger partial charge in [0.25, 0.3) is 5.91 Å². The van der Waals surface area contributed by atoms with Gasteiger partial charge in [0.2, 0.25) is 5.88 Å². The van der Waals surface area contributed by atoms with Crippen LogP contribution in [0.2, 0.25) is 0 Å². The van der Waals surface area contributed by atoms with Gasteiger partial charge in [-0.25, -0.2) is 4.39 Å². The van der Waals surface area contributed by atoms with Crippen molar-refractivity contribution < 1.29 is 28.0 Å². The molecular weight excluding hydrogens is 319 g/mol. The van der Waals surface area contributed by atoms with Gasteiger partial charge < -0.3 is 14.0 Å². The fraction of sp³-hybridized carbons (Fsp3) is 0.312. The van der Waals surface area contributed by atoms with E-state index in [0.717, 1.165) is 0 Å². The molecule has 1 atom stereocenters. The van der Waals surface area contributed by atoms with Gasteiger partial charge >= 0.3 is 5.97 Å². The summed E-state index contributed by atoms with van der Waals surface area (Å²) in [5.74, 6) is -1.54. The molecule has 0 unspecified atom stereocenters. The zero-order chi connectivity index (χ0) is 17.7. The van der Waals surface area contributed by atoms with Crippen molar-refractivity contribution in [3.05, 3.63) is 41.3 Å². The number of nitrogens with one attached hydrogen (secondary N) is 1. The third kappa shape index (κ3) is 4.55. The highest BCUT2D eigenvalue weighted by Crippen LogP contribution is 2.18. The number of aromatic nitrogens is 1. The van der Waals surface area contributed by atoms with Crippen LogP contribution in [0, 0.1) is 12.7 Å². The number of rotatable bonds is 6. The molecule has 0 aliphatic rings. The zero-order valence-corrected chi connectivity index (χ0v) is 13.5. The molecule has 2 rings (SSSR count). The number of ether oxygens (including phenoxy) is 2. The quantitative estimate of drug-likeness (QED) is 0.814. The molecule has 128 valence electrons. The van der Waals surface area contributed by atoms with Gasteiger partial charge in [-0.15, -0.1) is 0 Å². The lowest BCUT2D eigenvalue weighted by molar-refractivity contribution is -0.152. The number of anilines is 1. The average molecular weight is 336 g/mol. The summed E-state index contributed by atoms with van der Waals surface area (Å²) in [6, 6.07) is 5.68. The van der Waals surface area contributed by atoms with Crippen LogP contribution in [-0.4, -0.2) is 30.2 Å². The summed E-state index contributed by atoms with van der Waals surface area (Å²) in [6.45, 7) is 3.13. The standard InChI is InChI=1S/C16H17FN2O5/c1-9-6-14(24-19-9)18-16(21)10(2)23-15(20)8-11-4-5-13(22-3)12(17)7-11/h4-7,10H,8H2,1-3H3,(H,18,21)/t10-/m1/s1. The van der Waals surface area contributed by atoms with E-state index in [-0.39, 0.29) is 18.1 Å². The maximum Gasteiger partial charge on any atom is 0.311 e. The van der Waals surface area contributed by atoms with Crippen molar-refractivity contribution in [3.63, 3.8) is 0 Å². The molecule has 1 N–H and O–H groups in total. The number of nitrogens with zero attached hydrogens (tertiary/aromatic N) is 1. The molecule has 24 heavy (non-hydrogen) atoms. The van der Waals surface area contributed by atoms with E-state index in [2.05, 4.69) is 10.5 Å². The highest BCUT2D eigenvalue weighted by Gasteiger charge is 2.19. The highest BCUT2D eigenvalue weighted by atomic mass is 19.1. The minimum Gasteiger partial charge on any atom is -0.494 e. The first-order chi connectivity index (χ1) is 11.4. The number of hydrogen-bond donors (Lipinski definition) is 1. The van der Waals surface area contributed by atoms with Crippen molar-refractivity contribution in [1.29, 1.82) is 0 Å². The van der Waals surface area contributed by atoms with E-state index in [1.807, 2.05) is 0 Å². The van der Waals surface area contributed by atoms with Crippen LogP contribution in [0.25, 0.3) is 0 Å². The molecule has 0 aliphatic carbocycles. The summed E-state index contributed by atoms with van der Waals surface area (Å²) in [4.78, 5) is 23.8. The second kappa shape index (κ2) is 7.58. The third-order valence-electron chi connectivity index (χ3n) is 3.12. The molecule has 0 bridgehead atoms. The van der Waals surface area contributed by atoms with Crippen molar-refractivity contribution >= 4 is 17.8 Å². The van der Waals surface area contributed by atoms with Crippen LogP contribution in [0.15, 0.2) is 28.8 Å². The Morgan fingerprint density at radius 3 is 2.71 bits per heavy atom. The fourth-order valence-electron chi connectivity index (χ4n) is 1.92. The summed E-state index contributed by atoms with van der Waals surface area (Å²) in [7, 11) is 1.35. The number of carbonyl (C=O) groups excluding carboxylic acids is 2. The van der Waals surface area contributed by atoms with Crippen LogP contribution in [-0.2, 0) is 20.7 Å². The van der Waals surface area contributed by atoms with Crippen LogP contribution in [0.4, 0.5) is 10.3 Å². The van der Waals surface area contributed by atoms with Crippen molar-refractivity contribution in [1.82, 2.24) is 5.16 Å². The monoisotopic (exact) mass is 336 g/mol. The van der Waals surface area contributed by atoms with Crippen LogP contribution < -0.4 is 10.1 Å². The zero-order valence-electron chi connectivity index (χ0n) is 13.5. The van der Waals surface area contributed by atoms with Gasteiger partial charge in [-0.05, 0) is 31.5 Å². The number of aryl methyl sites for hydroxylation is 1. The lowest BCUT2D eigenvalue weighted by Gasteiger charge is -2.12. The van der Waals surface area contributed by atoms with E-state index in [9.17, 15) is 14.0 Å². The van der Waals surface area contributed by atoms with Crippen LogP contribution >= 0.6 is 0 Å². The number of carbonyl (C=O) groups is 2. The van der Waals surface area contributed by atoms with E-state index in [0.29, 0.717) is 11.3 Å². The summed E-state index contributed by atoms with van der Waals surface area (Å²) in [5.41, 5.74) is 1.02. The van der Waals surface area contributed by atoms with E-state index in [4.69, 9.17) is 14.0 Å². The second-order valence-electron chi connectivity index (χ2n) is 5.10. The second-order valence-corrected chi connectivity index (χ2v) is 5.10. The Hall–Kier alpha value is -2.90. The number of methoxy groups -OCH3 is 1. The Balaban J connectivity index is 1.89. The Kier molecular flexibility index (Phi) is 5.51. The molecule has 8 heteroatoms. The predicted octanol–water partition coefficient (Wildman–Crippen LogP) is 2.24. The molecule has 0 aliphatic heterocycles. The Morgan fingerprint density at radius 1 is 1.38 bits per heavy atom. The largest absolute Gasteiger partial charge is 0.494 e. The van der Waals surface area contributed by atoms with Gasteiger partial charge in [0.05, 0.1) is 19.2 Å². The molecular formula is C16H17FN2O5. The molecule has 1 heterocycles. The number of hydrogen-bond acceptors (Lipinski definition) is 6. The normalized spacial score (nSPS) is 11.7. The highest BCUT2D eigenvalue weighted by molar-refractivity contribution is 5.94. The SMILES string of the molecule is COc1ccc(CC(=O)O[C@H](C)C(=O)Nc2cc(C)no2)cc1F. The smallest absolute Gasteiger partial charge is 0.311 e. The first-order valence-electron chi connectivity index (χ1n) is 7.15. The van der Waals surface area contributed by atoms with E-state index in [1.165, 1.54) is 32.2 Å². The predicted molar refractivity (Wildman–Crippen MR) is 82.1 cm³/mol. The minimum atomic E-state index is -1.04. The maximum atomic E-state index is 13.6. The molecule has 1 amide bonds. The molecule has 0 radical (unpaired) electrons. The molecule has 2 aromatic rings. The topological polar surface area (TPSA) is 90.7 Å². The van der Waals surface area contributed by atoms with Crippen LogP contribution in [0.1, 0.15) is 18.2 Å². The molecule has 1 aromatic heterocycles. The third-order valence-corrected chi connectivity index (χ3v) is 3.12. The Labute approximate surface area is 137 Å². The number of benzene rings is 1. The molecule has 7 nitrogen and oxygen atoms in total. The molecule has 1 aromatic carbocycles. The van der Waals surface area contributed by atoms with Crippen LogP contribution in [0.5, 0.6) is 5.75 Å². The number of amides is 1. The maximum absolute atomic E-state index is 13.6. The van der Waals surface area contributed by atoms with E-state index < -0.39 is 23.8 Å². The van der Waals surface area contributed by atoms with Gasteiger partial charge in [-0.2, -0.15) is 0 Å². The summed E-state index contributed by atoms with van der Waals surface area (Å²) >= 11 is 0. The van der Waals surface area contributed by atoms with Gasteiger partial charge in [-0.3, -0.25) is 14.9 Å². The number of esters is 1. The van der Waals surface area contributed by atoms with Crippen molar-refractivity contribution in [3.8, 4) is 5.75 Å². The molecule has 0 saturated heterocycles. The van der Waals surface area contributed by atoms with Crippen molar-refractivity contribution in [2.45, 2.75) is 26.4 Å². The Morgan fingerprint density at radius 2 is 2.12 bits per heavy atom. The van der Waals surface area contributed by atoms with Gasteiger partial charge in [0.15, 0.2) is 17.7 Å². The van der Waals surface area contributed by atoms with E-state index in [1.54, 1.807) is 13.0 Å². The summed E-state index contributed by atoms with van der Waals surface area (Å²) < 4.78 is 28.2. The summed E-state index contributed by atoms with van der Waals surface area (Å²) in [5, 5.41) is 6.06. The first kappa shape index (κ1) is 17.5. The van der Waals surface area contributed by atoms with Gasteiger partial charge in [0.1, 0.15) is 0 Å². The van der Waals surface area contributed by atoms with Gasteiger partial charge in [0, 0.05) is 6.07 Å². The molecule has 0 spiro atoms. The van der Waals surface area contributed by atoms with Crippen molar-refractivity contribution in [2.24, 2.45) is 0 Å². The lowest BCUT2D eigenvalue weighted by Crippen LogP contribution is -2.30. The van der Waals surface area contributed by atoms with Crippen LogP contribution in [0.3, 0.4) is 0 Å². The molecule has 0 fully saturated rings. The van der Waals surface area contributed by atoms with Crippen molar-refractivity contribution in [2.75, 3.05) is 12.4 Å².